The van der Waals surface area contributed by atoms with Gasteiger partial charge in [0.1, 0.15) is 0 Å². The number of likely N-dealkylation sites (tertiary alicyclic amines) is 1. The number of nitrogens with zero attached hydrogens (tertiary/aromatic N) is 1. The Morgan fingerprint density at radius 3 is 2.40 bits per heavy atom. The molecule has 0 amide bonds. The Morgan fingerprint density at radius 2 is 1.80 bits per heavy atom. The lowest BCUT2D eigenvalue weighted by Gasteiger charge is -2.35. The molecule has 2 heteroatoms. The summed E-state index contributed by atoms with van der Waals surface area (Å²) < 4.78 is 0. The van der Waals surface area contributed by atoms with Gasteiger partial charge in [-0.05, 0) is 60.4 Å². The summed E-state index contributed by atoms with van der Waals surface area (Å²) in [7, 11) is 1.98. The molecule has 1 heterocycles. The zero-order chi connectivity index (χ0) is 17.8. The van der Waals surface area contributed by atoms with Crippen LogP contribution in [-0.4, -0.2) is 25.0 Å². The van der Waals surface area contributed by atoms with Gasteiger partial charge in [-0.15, -0.1) is 0 Å². The van der Waals surface area contributed by atoms with Gasteiger partial charge in [0.05, 0.1) is 0 Å². The van der Waals surface area contributed by atoms with Crippen molar-refractivity contribution in [3.8, 4) is 0 Å². The second-order valence-electron chi connectivity index (χ2n) is 7.08. The van der Waals surface area contributed by atoms with Crippen LogP contribution in [0.1, 0.15) is 47.9 Å². The largest absolute Gasteiger partial charge is 0.388 e. The molecule has 1 N–H and O–H groups in total. The van der Waals surface area contributed by atoms with Crippen molar-refractivity contribution < 1.29 is 0 Å². The van der Waals surface area contributed by atoms with E-state index in [0.29, 0.717) is 5.92 Å². The van der Waals surface area contributed by atoms with Crippen molar-refractivity contribution in [1.82, 2.24) is 4.90 Å². The zero-order valence-electron chi connectivity index (χ0n) is 15.8. The number of nitrogens with one attached hydrogen (secondary N) is 1. The minimum atomic E-state index is 0.681. The molecule has 2 aromatic rings. The van der Waals surface area contributed by atoms with Crippen LogP contribution < -0.4 is 5.32 Å². The third kappa shape index (κ3) is 3.89. The molecule has 0 spiro atoms. The van der Waals surface area contributed by atoms with Crippen molar-refractivity contribution in [3.05, 3.63) is 71.3 Å². The van der Waals surface area contributed by atoms with Crippen LogP contribution >= 0.6 is 0 Å². The van der Waals surface area contributed by atoms with E-state index in [1.54, 1.807) is 0 Å². The highest BCUT2D eigenvalue weighted by Gasteiger charge is 2.22. The highest BCUT2D eigenvalue weighted by Crippen LogP contribution is 2.32. The number of rotatable bonds is 5. The van der Waals surface area contributed by atoms with Crippen LogP contribution in [0, 0.1) is 6.92 Å². The smallest absolute Gasteiger partial charge is 0.0374 e. The molecule has 132 valence electrons. The highest BCUT2D eigenvalue weighted by atomic mass is 15.1. The molecule has 0 radical (unpaired) electrons. The van der Waals surface area contributed by atoms with Gasteiger partial charge in [-0.2, -0.15) is 0 Å². The molecule has 0 bridgehead atoms. The van der Waals surface area contributed by atoms with Gasteiger partial charge in [0, 0.05) is 31.5 Å². The molecule has 3 rings (SSSR count). The van der Waals surface area contributed by atoms with Crippen LogP contribution in [0.5, 0.6) is 0 Å². The zero-order valence-corrected chi connectivity index (χ0v) is 15.8. The average molecular weight is 335 g/mol. The van der Waals surface area contributed by atoms with Crippen LogP contribution in [0.4, 0.5) is 5.69 Å². The molecule has 0 unspecified atom stereocenters. The molecule has 1 fully saturated rings. The van der Waals surface area contributed by atoms with E-state index >= 15 is 0 Å². The van der Waals surface area contributed by atoms with E-state index in [9.17, 15) is 0 Å². The molecule has 1 saturated heterocycles. The first-order chi connectivity index (χ1) is 12.1. The van der Waals surface area contributed by atoms with Gasteiger partial charge in [0.2, 0.25) is 0 Å². The van der Waals surface area contributed by atoms with Crippen molar-refractivity contribution in [1.29, 1.82) is 0 Å². The monoisotopic (exact) mass is 334 g/mol. The normalized spacial score (nSPS) is 15.2. The summed E-state index contributed by atoms with van der Waals surface area (Å²) >= 11 is 0. The quantitative estimate of drug-likeness (QED) is 0.782. The first-order valence-electron chi connectivity index (χ1n) is 9.43. The summed E-state index contributed by atoms with van der Waals surface area (Å²) in [5.41, 5.74) is 7.75. The third-order valence-corrected chi connectivity index (χ3v) is 5.58. The SMILES string of the molecule is C=C(c1ccc(C)c(NC)c1)N1CCC(c2ccc(CC)cc2)CC1. The standard InChI is InChI=1S/C23H30N2/c1-5-19-7-10-20(11-8-19)21-12-14-25(15-13-21)18(3)22-9-6-17(2)23(16-22)24-4/h6-11,16,21,24H,3,5,12-15H2,1-2,4H3. The number of hydrogen-bond acceptors (Lipinski definition) is 2. The Bertz CT molecular complexity index is 722. The van der Waals surface area contributed by atoms with E-state index in [1.807, 2.05) is 7.05 Å². The van der Waals surface area contributed by atoms with Crippen molar-refractivity contribution >= 4 is 11.4 Å². The lowest BCUT2D eigenvalue weighted by atomic mass is 9.88. The highest BCUT2D eigenvalue weighted by molar-refractivity contribution is 5.67. The van der Waals surface area contributed by atoms with Crippen LogP contribution in [0.25, 0.3) is 5.70 Å². The van der Waals surface area contributed by atoms with Crippen molar-refractivity contribution in [2.75, 3.05) is 25.5 Å². The first kappa shape index (κ1) is 17.6. The maximum atomic E-state index is 4.37. The lowest BCUT2D eigenvalue weighted by Crippen LogP contribution is -2.31. The van der Waals surface area contributed by atoms with Crippen LogP contribution in [0.15, 0.2) is 49.0 Å². The van der Waals surface area contributed by atoms with Gasteiger partial charge in [-0.1, -0.05) is 49.9 Å². The van der Waals surface area contributed by atoms with E-state index in [-0.39, 0.29) is 0 Å². The summed E-state index contributed by atoms with van der Waals surface area (Å²) in [6, 6.07) is 15.8. The Labute approximate surface area is 152 Å². The van der Waals surface area contributed by atoms with E-state index in [4.69, 9.17) is 0 Å². The predicted molar refractivity (Wildman–Crippen MR) is 109 cm³/mol. The molecule has 0 saturated carbocycles. The molecule has 2 aromatic carbocycles. The second-order valence-corrected chi connectivity index (χ2v) is 7.08. The summed E-state index contributed by atoms with van der Waals surface area (Å²) in [5, 5.41) is 3.27. The van der Waals surface area contributed by atoms with Gasteiger partial charge in [-0.3, -0.25) is 0 Å². The second kappa shape index (κ2) is 7.77. The van der Waals surface area contributed by atoms with Gasteiger partial charge >= 0.3 is 0 Å². The van der Waals surface area contributed by atoms with Crippen molar-refractivity contribution in [3.63, 3.8) is 0 Å². The molecule has 0 aromatic heterocycles. The van der Waals surface area contributed by atoms with Gasteiger partial charge < -0.3 is 10.2 Å². The van der Waals surface area contributed by atoms with E-state index in [2.05, 4.69) is 73.1 Å². The average Bonchev–Trinajstić information content (AvgIpc) is 2.68. The summed E-state index contributed by atoms with van der Waals surface area (Å²) in [6.45, 7) is 10.9. The molecule has 1 aliphatic rings. The number of hydrogen-bond donors (Lipinski definition) is 1. The minimum absolute atomic E-state index is 0.681. The first-order valence-corrected chi connectivity index (χ1v) is 9.43. The summed E-state index contributed by atoms with van der Waals surface area (Å²) in [4.78, 5) is 2.45. The Kier molecular flexibility index (Phi) is 5.47. The molecular weight excluding hydrogens is 304 g/mol. The fourth-order valence-corrected chi connectivity index (χ4v) is 3.76. The molecule has 0 atom stereocenters. The fraction of sp³-hybridized carbons (Fsp3) is 0.391. The number of benzene rings is 2. The molecule has 2 nitrogen and oxygen atoms in total. The Morgan fingerprint density at radius 1 is 1.12 bits per heavy atom. The number of anilines is 1. The van der Waals surface area contributed by atoms with E-state index in [1.165, 1.54) is 40.8 Å². The van der Waals surface area contributed by atoms with Crippen molar-refractivity contribution in [2.24, 2.45) is 0 Å². The van der Waals surface area contributed by atoms with Crippen LogP contribution in [0.2, 0.25) is 0 Å². The van der Waals surface area contributed by atoms with Crippen molar-refractivity contribution in [2.45, 2.75) is 39.0 Å². The predicted octanol–water partition coefficient (Wildman–Crippen LogP) is 5.45. The van der Waals surface area contributed by atoms with E-state index in [0.717, 1.165) is 25.2 Å². The number of piperidine rings is 1. The van der Waals surface area contributed by atoms with Crippen LogP contribution in [0.3, 0.4) is 0 Å². The number of aryl methyl sites for hydroxylation is 2. The van der Waals surface area contributed by atoms with Gasteiger partial charge in [0.15, 0.2) is 0 Å². The summed E-state index contributed by atoms with van der Waals surface area (Å²) in [5.74, 6) is 0.681. The Hall–Kier alpha value is -2.22. The van der Waals surface area contributed by atoms with Gasteiger partial charge in [0.25, 0.3) is 0 Å². The van der Waals surface area contributed by atoms with E-state index < -0.39 is 0 Å². The fourth-order valence-electron chi connectivity index (χ4n) is 3.76. The third-order valence-electron chi connectivity index (χ3n) is 5.58. The molecule has 1 aliphatic heterocycles. The topological polar surface area (TPSA) is 15.3 Å². The maximum absolute atomic E-state index is 4.37. The Balaban J connectivity index is 1.64. The molecule has 25 heavy (non-hydrogen) atoms. The van der Waals surface area contributed by atoms with Crippen LogP contribution in [-0.2, 0) is 6.42 Å². The maximum Gasteiger partial charge on any atom is 0.0374 e. The molecule has 0 aliphatic carbocycles. The molecular formula is C23H30N2. The minimum Gasteiger partial charge on any atom is -0.388 e. The summed E-state index contributed by atoms with van der Waals surface area (Å²) in [6.07, 6.45) is 3.52. The lowest BCUT2D eigenvalue weighted by molar-refractivity contribution is 0.299. The van der Waals surface area contributed by atoms with Gasteiger partial charge in [-0.25, -0.2) is 0 Å².